The molecule has 56 valence electrons. The minimum atomic E-state index is -0.000602. The van der Waals surface area contributed by atoms with Crippen molar-refractivity contribution in [3.05, 3.63) is 22.4 Å². The van der Waals surface area contributed by atoms with Crippen molar-refractivity contribution >= 4 is 0 Å². The van der Waals surface area contributed by atoms with E-state index in [4.69, 9.17) is 0 Å². The number of nitrogens with one attached hydrogen (secondary N) is 1. The molecule has 1 heterocycles. The summed E-state index contributed by atoms with van der Waals surface area (Å²) < 4.78 is 1.74. The summed E-state index contributed by atoms with van der Waals surface area (Å²) in [4.78, 5) is 13.6. The third-order valence-corrected chi connectivity index (χ3v) is 1.63. The van der Waals surface area contributed by atoms with Gasteiger partial charge in [-0.1, -0.05) is 6.92 Å². The molecule has 1 aromatic heterocycles. The molecule has 3 nitrogen and oxygen atoms in total. The Morgan fingerprint density at radius 1 is 1.60 bits per heavy atom. The molecule has 0 amide bonds. The van der Waals surface area contributed by atoms with Gasteiger partial charge in [0.2, 0.25) is 0 Å². The summed E-state index contributed by atoms with van der Waals surface area (Å²) in [6.45, 7) is 4.76. The lowest BCUT2D eigenvalue weighted by Gasteiger charge is -1.98. The van der Waals surface area contributed by atoms with Crippen LogP contribution in [0.4, 0.5) is 0 Å². The Balaban J connectivity index is 3.13. The van der Waals surface area contributed by atoms with E-state index < -0.39 is 0 Å². The van der Waals surface area contributed by atoms with Crippen LogP contribution in [0, 0.1) is 0 Å². The van der Waals surface area contributed by atoms with Crippen molar-refractivity contribution in [1.82, 2.24) is 9.55 Å². The molecular formula is C7H12N2O. The molecule has 1 N–H and O–H groups in total. The topological polar surface area (TPSA) is 37.8 Å². The molecule has 1 aromatic rings. The first-order valence-electron chi connectivity index (χ1n) is 3.56. The van der Waals surface area contributed by atoms with E-state index in [-0.39, 0.29) is 5.69 Å². The van der Waals surface area contributed by atoms with E-state index in [0.29, 0.717) is 0 Å². The lowest BCUT2D eigenvalue weighted by molar-refractivity contribution is 0.691. The molecule has 0 radical (unpaired) electrons. The van der Waals surface area contributed by atoms with E-state index in [1.54, 1.807) is 10.8 Å². The van der Waals surface area contributed by atoms with Crippen LogP contribution in [0.25, 0.3) is 0 Å². The van der Waals surface area contributed by atoms with Gasteiger partial charge >= 0.3 is 5.69 Å². The Morgan fingerprint density at radius 3 is 2.70 bits per heavy atom. The van der Waals surface area contributed by atoms with Crippen LogP contribution in [0.15, 0.2) is 11.0 Å². The van der Waals surface area contributed by atoms with Crippen LogP contribution >= 0.6 is 0 Å². The van der Waals surface area contributed by atoms with E-state index in [9.17, 15) is 4.79 Å². The molecule has 1 rings (SSSR count). The van der Waals surface area contributed by atoms with Crippen molar-refractivity contribution in [2.75, 3.05) is 0 Å². The minimum absolute atomic E-state index is 0.000602. The molecule has 0 aliphatic carbocycles. The Hall–Kier alpha value is -0.990. The Bertz CT molecular complexity index is 259. The van der Waals surface area contributed by atoms with Gasteiger partial charge in [-0.05, 0) is 13.3 Å². The van der Waals surface area contributed by atoms with Gasteiger partial charge in [0, 0.05) is 18.4 Å². The Morgan fingerprint density at radius 2 is 2.30 bits per heavy atom. The zero-order valence-corrected chi connectivity index (χ0v) is 6.35. The summed E-state index contributed by atoms with van der Waals surface area (Å²) >= 11 is 0. The molecule has 0 unspecified atom stereocenters. The van der Waals surface area contributed by atoms with Gasteiger partial charge in [0.1, 0.15) is 0 Å². The number of aryl methyl sites for hydroxylation is 1. The van der Waals surface area contributed by atoms with Crippen LogP contribution in [-0.2, 0) is 13.0 Å². The molecule has 0 aliphatic heterocycles. The van der Waals surface area contributed by atoms with E-state index in [2.05, 4.69) is 4.98 Å². The summed E-state index contributed by atoms with van der Waals surface area (Å²) in [7, 11) is 0. The molecule has 10 heavy (non-hydrogen) atoms. The number of aromatic nitrogens is 2. The monoisotopic (exact) mass is 140 g/mol. The predicted octanol–water partition coefficient (Wildman–Crippen LogP) is 0.759. The second-order valence-corrected chi connectivity index (χ2v) is 2.18. The number of imidazole rings is 1. The normalized spacial score (nSPS) is 10.2. The molecule has 0 spiro atoms. The fourth-order valence-electron chi connectivity index (χ4n) is 1.07. The molecule has 0 saturated heterocycles. The summed E-state index contributed by atoms with van der Waals surface area (Å²) in [5, 5.41) is 0. The smallest absolute Gasteiger partial charge is 0.312 e. The van der Waals surface area contributed by atoms with Gasteiger partial charge in [-0.2, -0.15) is 0 Å². The van der Waals surface area contributed by atoms with Gasteiger partial charge in [0.05, 0.1) is 0 Å². The highest BCUT2D eigenvalue weighted by atomic mass is 16.1. The SMILES string of the molecule is CCc1c[nH]c(=O)n1CC. The third-order valence-electron chi connectivity index (χ3n) is 1.63. The van der Waals surface area contributed by atoms with Gasteiger partial charge in [-0.15, -0.1) is 0 Å². The Kier molecular flexibility index (Phi) is 1.94. The first-order chi connectivity index (χ1) is 4.79. The number of nitrogens with zero attached hydrogens (tertiary/aromatic N) is 1. The highest BCUT2D eigenvalue weighted by Crippen LogP contribution is 1.94. The average molecular weight is 140 g/mol. The molecule has 0 atom stereocenters. The molecule has 3 heteroatoms. The van der Waals surface area contributed by atoms with Crippen molar-refractivity contribution in [2.24, 2.45) is 0 Å². The molecule has 0 bridgehead atoms. The van der Waals surface area contributed by atoms with Crippen LogP contribution in [0.3, 0.4) is 0 Å². The van der Waals surface area contributed by atoms with Crippen molar-refractivity contribution in [2.45, 2.75) is 26.8 Å². The van der Waals surface area contributed by atoms with Gasteiger partial charge < -0.3 is 4.98 Å². The summed E-state index contributed by atoms with van der Waals surface area (Å²) in [6.07, 6.45) is 2.68. The molecule has 0 aromatic carbocycles. The maximum absolute atomic E-state index is 10.9. The number of aromatic amines is 1. The van der Waals surface area contributed by atoms with Gasteiger partial charge in [-0.3, -0.25) is 4.57 Å². The fourth-order valence-corrected chi connectivity index (χ4v) is 1.07. The van der Waals surface area contributed by atoms with Crippen molar-refractivity contribution < 1.29 is 0 Å². The van der Waals surface area contributed by atoms with E-state index in [0.717, 1.165) is 18.7 Å². The second kappa shape index (κ2) is 2.73. The predicted molar refractivity (Wildman–Crippen MR) is 40.1 cm³/mol. The van der Waals surface area contributed by atoms with Crippen molar-refractivity contribution in [3.63, 3.8) is 0 Å². The molecule has 0 fully saturated rings. The number of hydrogen-bond acceptors (Lipinski definition) is 1. The first kappa shape index (κ1) is 7.12. The number of H-pyrrole nitrogens is 1. The maximum atomic E-state index is 10.9. The van der Waals surface area contributed by atoms with E-state index in [1.165, 1.54) is 0 Å². The van der Waals surface area contributed by atoms with Crippen LogP contribution in [-0.4, -0.2) is 9.55 Å². The van der Waals surface area contributed by atoms with Crippen LogP contribution in [0.5, 0.6) is 0 Å². The van der Waals surface area contributed by atoms with Crippen molar-refractivity contribution in [3.8, 4) is 0 Å². The first-order valence-corrected chi connectivity index (χ1v) is 3.56. The van der Waals surface area contributed by atoms with Crippen LogP contribution in [0.1, 0.15) is 19.5 Å². The number of rotatable bonds is 2. The lowest BCUT2D eigenvalue weighted by atomic mass is 10.4. The van der Waals surface area contributed by atoms with E-state index >= 15 is 0 Å². The maximum Gasteiger partial charge on any atom is 0.325 e. The van der Waals surface area contributed by atoms with Crippen molar-refractivity contribution in [1.29, 1.82) is 0 Å². The minimum Gasteiger partial charge on any atom is -0.312 e. The highest BCUT2D eigenvalue weighted by molar-refractivity contribution is 4.97. The fraction of sp³-hybridized carbons (Fsp3) is 0.571. The zero-order valence-electron chi connectivity index (χ0n) is 6.35. The Labute approximate surface area is 59.7 Å². The van der Waals surface area contributed by atoms with Gasteiger partial charge in [0.25, 0.3) is 0 Å². The molecular weight excluding hydrogens is 128 g/mol. The standard InChI is InChI=1S/C7H12N2O/c1-3-6-5-8-7(10)9(6)4-2/h5H,3-4H2,1-2H3,(H,8,10). The summed E-state index contributed by atoms with van der Waals surface area (Å²) in [5.74, 6) is 0. The third kappa shape index (κ3) is 0.988. The van der Waals surface area contributed by atoms with Gasteiger partial charge in [-0.25, -0.2) is 4.79 Å². The molecule has 0 aliphatic rings. The molecule has 0 saturated carbocycles. The van der Waals surface area contributed by atoms with E-state index in [1.807, 2.05) is 13.8 Å². The largest absolute Gasteiger partial charge is 0.325 e. The van der Waals surface area contributed by atoms with Gasteiger partial charge in [0.15, 0.2) is 0 Å². The van der Waals surface area contributed by atoms with Crippen LogP contribution in [0.2, 0.25) is 0 Å². The lowest BCUT2D eigenvalue weighted by Crippen LogP contribution is -2.17. The quantitative estimate of drug-likeness (QED) is 0.647. The summed E-state index contributed by atoms with van der Waals surface area (Å²) in [6, 6.07) is 0. The van der Waals surface area contributed by atoms with Crippen LogP contribution < -0.4 is 5.69 Å². The summed E-state index contributed by atoms with van der Waals surface area (Å²) in [5.41, 5.74) is 1.08. The zero-order chi connectivity index (χ0) is 7.56. The average Bonchev–Trinajstić information content (AvgIpc) is 2.30. The number of hydrogen-bond donors (Lipinski definition) is 1. The second-order valence-electron chi connectivity index (χ2n) is 2.18. The highest BCUT2D eigenvalue weighted by Gasteiger charge is 1.99.